The van der Waals surface area contributed by atoms with Gasteiger partial charge in [0.25, 0.3) is 11.8 Å². The molecular formula is C26H23ClN2O5. The molecule has 0 saturated carbocycles. The number of nitrogens with one attached hydrogen (secondary N) is 2. The third-order valence-electron chi connectivity index (χ3n) is 4.84. The normalized spacial score (nSPS) is 10.9. The maximum absolute atomic E-state index is 13.1. The minimum atomic E-state index is -0.571. The van der Waals surface area contributed by atoms with Crippen LogP contribution in [0.4, 0.5) is 5.69 Å². The average molecular weight is 479 g/mol. The molecule has 0 aliphatic heterocycles. The van der Waals surface area contributed by atoms with Gasteiger partial charge in [-0.2, -0.15) is 0 Å². The average Bonchev–Trinajstić information content (AvgIpc) is 2.84. The quantitative estimate of drug-likeness (QED) is 0.352. The second kappa shape index (κ2) is 11.2. The number of hydrogen-bond acceptors (Lipinski definition) is 5. The Morgan fingerprint density at radius 2 is 1.56 bits per heavy atom. The van der Waals surface area contributed by atoms with Crippen LogP contribution in [0, 0.1) is 0 Å². The SMILES string of the molecule is COc1ccc(/C=C(/NC(=O)c2ccc(Cl)cc2)C(=O)Nc2cccc(C(C)=O)c2)cc1OC. The van der Waals surface area contributed by atoms with Gasteiger partial charge in [-0.15, -0.1) is 0 Å². The monoisotopic (exact) mass is 478 g/mol. The molecule has 7 nitrogen and oxygen atoms in total. The van der Waals surface area contributed by atoms with Crippen LogP contribution >= 0.6 is 11.6 Å². The Morgan fingerprint density at radius 3 is 2.21 bits per heavy atom. The number of carbonyl (C=O) groups excluding carboxylic acids is 3. The van der Waals surface area contributed by atoms with Crippen molar-refractivity contribution in [1.29, 1.82) is 0 Å². The molecule has 3 aromatic rings. The standard InChI is InChI=1S/C26H23ClN2O5/c1-16(30)19-5-4-6-21(15-19)28-26(32)22(29-25(31)18-8-10-20(27)11-9-18)13-17-7-12-23(33-2)24(14-17)34-3/h4-15H,1-3H3,(H,28,32)(H,29,31)/b22-13+. The fraction of sp³-hybridized carbons (Fsp3) is 0.115. The molecule has 2 amide bonds. The lowest BCUT2D eigenvalue weighted by molar-refractivity contribution is -0.113. The van der Waals surface area contributed by atoms with Crippen LogP contribution in [-0.4, -0.2) is 31.8 Å². The van der Waals surface area contributed by atoms with Gasteiger partial charge in [-0.1, -0.05) is 29.8 Å². The maximum Gasteiger partial charge on any atom is 0.272 e. The number of methoxy groups -OCH3 is 2. The van der Waals surface area contributed by atoms with Gasteiger partial charge >= 0.3 is 0 Å². The van der Waals surface area contributed by atoms with Crippen LogP contribution < -0.4 is 20.1 Å². The Balaban J connectivity index is 1.95. The third-order valence-corrected chi connectivity index (χ3v) is 5.10. The Morgan fingerprint density at radius 1 is 0.853 bits per heavy atom. The van der Waals surface area contributed by atoms with Crippen molar-refractivity contribution in [3.63, 3.8) is 0 Å². The van der Waals surface area contributed by atoms with Gasteiger partial charge in [0.15, 0.2) is 17.3 Å². The number of ketones is 1. The Labute approximate surface area is 202 Å². The molecule has 0 radical (unpaired) electrons. The summed E-state index contributed by atoms with van der Waals surface area (Å²) in [5.74, 6) is -0.201. The molecule has 0 unspecified atom stereocenters. The van der Waals surface area contributed by atoms with Crippen molar-refractivity contribution >= 4 is 41.0 Å². The van der Waals surface area contributed by atoms with E-state index in [1.165, 1.54) is 27.2 Å². The summed E-state index contributed by atoms with van der Waals surface area (Å²) in [6.45, 7) is 1.44. The molecule has 0 fully saturated rings. The van der Waals surface area contributed by atoms with Crippen LogP contribution in [0.5, 0.6) is 11.5 Å². The van der Waals surface area contributed by atoms with Crippen molar-refractivity contribution in [2.45, 2.75) is 6.92 Å². The summed E-state index contributed by atoms with van der Waals surface area (Å²) in [5, 5.41) is 5.86. The van der Waals surface area contributed by atoms with Gasteiger partial charge in [0.1, 0.15) is 5.70 Å². The summed E-state index contributed by atoms with van der Waals surface area (Å²) in [7, 11) is 3.02. The number of carbonyl (C=O) groups is 3. The highest BCUT2D eigenvalue weighted by Crippen LogP contribution is 2.28. The van der Waals surface area contributed by atoms with Crippen molar-refractivity contribution in [3.05, 3.63) is 94.1 Å². The second-order valence-electron chi connectivity index (χ2n) is 7.22. The second-order valence-corrected chi connectivity index (χ2v) is 7.66. The number of rotatable bonds is 8. The fourth-order valence-electron chi connectivity index (χ4n) is 3.08. The first-order chi connectivity index (χ1) is 16.3. The molecule has 0 atom stereocenters. The molecule has 174 valence electrons. The van der Waals surface area contributed by atoms with Crippen molar-refractivity contribution in [3.8, 4) is 11.5 Å². The smallest absolute Gasteiger partial charge is 0.272 e. The highest BCUT2D eigenvalue weighted by Gasteiger charge is 2.16. The van der Waals surface area contributed by atoms with Crippen molar-refractivity contribution in [2.24, 2.45) is 0 Å². The summed E-state index contributed by atoms with van der Waals surface area (Å²) >= 11 is 5.91. The van der Waals surface area contributed by atoms with E-state index >= 15 is 0 Å². The van der Waals surface area contributed by atoms with E-state index in [2.05, 4.69) is 10.6 Å². The molecule has 0 spiro atoms. The van der Waals surface area contributed by atoms with E-state index in [1.807, 2.05) is 0 Å². The van der Waals surface area contributed by atoms with Crippen LogP contribution in [0.2, 0.25) is 5.02 Å². The highest BCUT2D eigenvalue weighted by atomic mass is 35.5. The van der Waals surface area contributed by atoms with Gasteiger partial charge in [-0.3, -0.25) is 14.4 Å². The molecule has 0 aliphatic carbocycles. The maximum atomic E-state index is 13.1. The Bertz CT molecular complexity index is 1250. The largest absolute Gasteiger partial charge is 0.493 e. The topological polar surface area (TPSA) is 93.7 Å². The van der Waals surface area contributed by atoms with Gasteiger partial charge in [0, 0.05) is 21.8 Å². The Kier molecular flexibility index (Phi) is 8.05. The number of anilines is 1. The molecule has 0 aromatic heterocycles. The van der Waals surface area contributed by atoms with E-state index in [4.69, 9.17) is 21.1 Å². The molecule has 3 aromatic carbocycles. The zero-order chi connectivity index (χ0) is 24.7. The molecule has 0 saturated heterocycles. The fourth-order valence-corrected chi connectivity index (χ4v) is 3.20. The predicted octanol–water partition coefficient (Wildman–Crippen LogP) is 4.97. The summed E-state index contributed by atoms with van der Waals surface area (Å²) in [4.78, 5) is 37.6. The molecule has 0 heterocycles. The van der Waals surface area contributed by atoms with Crippen molar-refractivity contribution in [2.75, 3.05) is 19.5 Å². The van der Waals surface area contributed by atoms with Gasteiger partial charge in [0.05, 0.1) is 14.2 Å². The van der Waals surface area contributed by atoms with E-state index in [0.717, 1.165) is 0 Å². The zero-order valence-electron chi connectivity index (χ0n) is 18.8. The lowest BCUT2D eigenvalue weighted by Gasteiger charge is -2.13. The van der Waals surface area contributed by atoms with E-state index in [1.54, 1.807) is 66.7 Å². The van der Waals surface area contributed by atoms with Crippen LogP contribution in [0.3, 0.4) is 0 Å². The first-order valence-electron chi connectivity index (χ1n) is 10.2. The third kappa shape index (κ3) is 6.24. The summed E-state index contributed by atoms with van der Waals surface area (Å²) in [5.41, 5.74) is 1.77. The van der Waals surface area contributed by atoms with Crippen LogP contribution in [0.1, 0.15) is 33.2 Å². The molecule has 34 heavy (non-hydrogen) atoms. The van der Waals surface area contributed by atoms with Gasteiger partial charge in [-0.05, 0) is 67.1 Å². The molecule has 3 rings (SSSR count). The number of ether oxygens (including phenoxy) is 2. The molecule has 0 bridgehead atoms. The predicted molar refractivity (Wildman–Crippen MR) is 132 cm³/mol. The van der Waals surface area contributed by atoms with Gasteiger partial charge < -0.3 is 20.1 Å². The van der Waals surface area contributed by atoms with E-state index < -0.39 is 11.8 Å². The number of amides is 2. The molecular weight excluding hydrogens is 456 g/mol. The van der Waals surface area contributed by atoms with E-state index in [9.17, 15) is 14.4 Å². The molecule has 0 aliphatic rings. The molecule has 2 N–H and O–H groups in total. The number of Topliss-reactive ketones (excluding diaryl/α,β-unsaturated/α-hetero) is 1. The van der Waals surface area contributed by atoms with Crippen molar-refractivity contribution < 1.29 is 23.9 Å². The number of hydrogen-bond donors (Lipinski definition) is 2. The minimum absolute atomic E-state index is 0.0135. The Hall–Kier alpha value is -4.10. The van der Waals surface area contributed by atoms with Crippen LogP contribution in [-0.2, 0) is 4.79 Å². The lowest BCUT2D eigenvalue weighted by atomic mass is 10.1. The van der Waals surface area contributed by atoms with E-state index in [0.29, 0.717) is 38.9 Å². The summed E-state index contributed by atoms with van der Waals surface area (Å²) in [6.07, 6.45) is 1.51. The minimum Gasteiger partial charge on any atom is -0.493 e. The first kappa shape index (κ1) is 24.5. The van der Waals surface area contributed by atoms with Crippen LogP contribution in [0.25, 0.3) is 6.08 Å². The van der Waals surface area contributed by atoms with Crippen LogP contribution in [0.15, 0.2) is 72.4 Å². The number of halogens is 1. The van der Waals surface area contributed by atoms with Gasteiger partial charge in [-0.25, -0.2) is 0 Å². The summed E-state index contributed by atoms with van der Waals surface area (Å²) in [6, 6.07) is 17.9. The van der Waals surface area contributed by atoms with Crippen molar-refractivity contribution in [1.82, 2.24) is 5.32 Å². The number of benzene rings is 3. The highest BCUT2D eigenvalue weighted by molar-refractivity contribution is 6.30. The zero-order valence-corrected chi connectivity index (χ0v) is 19.6. The van der Waals surface area contributed by atoms with Gasteiger partial charge in [0.2, 0.25) is 0 Å². The molecule has 8 heteroatoms. The van der Waals surface area contributed by atoms with E-state index in [-0.39, 0.29) is 11.5 Å². The summed E-state index contributed by atoms with van der Waals surface area (Å²) < 4.78 is 10.6. The first-order valence-corrected chi connectivity index (χ1v) is 10.6. The lowest BCUT2D eigenvalue weighted by Crippen LogP contribution is -2.30.